The van der Waals surface area contributed by atoms with Crippen LogP contribution >= 0.6 is 0 Å². The third kappa shape index (κ3) is 3.11. The zero-order chi connectivity index (χ0) is 19.0. The number of halogens is 1. The number of phenols is 1. The maximum absolute atomic E-state index is 14.6. The number of benzene rings is 3. The quantitative estimate of drug-likeness (QED) is 0.375. The SMILES string of the molecule is O=C(NO)c1ccc2oc(-c3ccc(-c4ccc(O)cc4)c(F)c3)nc2c1. The van der Waals surface area contributed by atoms with Crippen molar-refractivity contribution in [3.63, 3.8) is 0 Å². The number of nitrogens with one attached hydrogen (secondary N) is 1. The molecule has 4 rings (SSSR count). The molecule has 1 aromatic heterocycles. The van der Waals surface area contributed by atoms with Crippen LogP contribution in [-0.2, 0) is 0 Å². The zero-order valence-electron chi connectivity index (χ0n) is 13.8. The Balaban J connectivity index is 1.72. The Morgan fingerprint density at radius 1 is 1.00 bits per heavy atom. The molecular weight excluding hydrogens is 351 g/mol. The van der Waals surface area contributed by atoms with E-state index in [1.54, 1.807) is 35.8 Å². The lowest BCUT2D eigenvalue weighted by Crippen LogP contribution is -2.18. The molecule has 27 heavy (non-hydrogen) atoms. The Morgan fingerprint density at radius 3 is 2.44 bits per heavy atom. The summed E-state index contributed by atoms with van der Waals surface area (Å²) in [5.41, 5.74) is 4.08. The minimum atomic E-state index is -0.661. The number of fused-ring (bicyclic) bond motifs is 1. The molecule has 134 valence electrons. The first-order valence-corrected chi connectivity index (χ1v) is 7.99. The number of carbonyl (C=O) groups is 1. The van der Waals surface area contributed by atoms with E-state index in [9.17, 15) is 14.3 Å². The van der Waals surface area contributed by atoms with Crippen molar-refractivity contribution in [3.05, 3.63) is 72.0 Å². The van der Waals surface area contributed by atoms with E-state index in [-0.39, 0.29) is 17.2 Å². The van der Waals surface area contributed by atoms with Gasteiger partial charge in [0.05, 0.1) is 0 Å². The largest absolute Gasteiger partial charge is 0.508 e. The Labute approximate surface area is 152 Å². The van der Waals surface area contributed by atoms with Crippen molar-refractivity contribution in [2.45, 2.75) is 0 Å². The van der Waals surface area contributed by atoms with Crippen LogP contribution < -0.4 is 5.48 Å². The van der Waals surface area contributed by atoms with Crippen LogP contribution in [0.25, 0.3) is 33.7 Å². The van der Waals surface area contributed by atoms with Crippen molar-refractivity contribution in [2.24, 2.45) is 0 Å². The van der Waals surface area contributed by atoms with Crippen molar-refractivity contribution in [1.29, 1.82) is 0 Å². The van der Waals surface area contributed by atoms with Gasteiger partial charge >= 0.3 is 0 Å². The molecule has 4 aromatic rings. The number of rotatable bonds is 3. The molecule has 1 amide bonds. The van der Waals surface area contributed by atoms with Gasteiger partial charge in [-0.2, -0.15) is 0 Å². The molecule has 0 atom stereocenters. The van der Waals surface area contributed by atoms with E-state index in [4.69, 9.17) is 9.62 Å². The lowest BCUT2D eigenvalue weighted by Gasteiger charge is -2.05. The minimum absolute atomic E-state index is 0.108. The van der Waals surface area contributed by atoms with Gasteiger partial charge in [0.15, 0.2) is 5.58 Å². The first-order chi connectivity index (χ1) is 13.0. The number of carbonyl (C=O) groups excluding carboxylic acids is 1. The van der Waals surface area contributed by atoms with Gasteiger partial charge in [-0.3, -0.25) is 10.0 Å². The number of phenolic OH excluding ortho intramolecular Hbond substituents is 1. The van der Waals surface area contributed by atoms with Gasteiger partial charge in [0, 0.05) is 16.7 Å². The van der Waals surface area contributed by atoms with E-state index in [1.165, 1.54) is 30.3 Å². The number of oxazole rings is 1. The molecule has 7 heteroatoms. The highest BCUT2D eigenvalue weighted by Gasteiger charge is 2.14. The fourth-order valence-electron chi connectivity index (χ4n) is 2.78. The number of nitrogens with zero attached hydrogens (tertiary/aromatic N) is 1. The van der Waals surface area contributed by atoms with Gasteiger partial charge in [0.2, 0.25) is 5.89 Å². The van der Waals surface area contributed by atoms with E-state index in [0.717, 1.165) is 0 Å². The van der Waals surface area contributed by atoms with E-state index >= 15 is 0 Å². The topological polar surface area (TPSA) is 95.6 Å². The van der Waals surface area contributed by atoms with Crippen molar-refractivity contribution in [3.8, 4) is 28.3 Å². The smallest absolute Gasteiger partial charge is 0.274 e. The highest BCUT2D eigenvalue weighted by atomic mass is 19.1. The lowest BCUT2D eigenvalue weighted by atomic mass is 10.0. The molecule has 1 heterocycles. The van der Waals surface area contributed by atoms with Crippen molar-refractivity contribution in [1.82, 2.24) is 10.5 Å². The number of hydrogen-bond donors (Lipinski definition) is 3. The Kier molecular flexibility index (Phi) is 4.06. The standard InChI is InChI=1S/C20H13FN2O4/c21-16-9-13(3-7-15(16)11-1-5-14(24)6-2-11)20-22-17-10-12(19(25)23-26)4-8-18(17)27-20/h1-10,24,26H,(H,23,25). The van der Waals surface area contributed by atoms with Crippen LogP contribution in [0.3, 0.4) is 0 Å². The second kappa shape index (κ2) is 6.54. The fraction of sp³-hybridized carbons (Fsp3) is 0. The van der Waals surface area contributed by atoms with Crippen LogP contribution in [0.2, 0.25) is 0 Å². The second-order valence-electron chi connectivity index (χ2n) is 5.88. The highest BCUT2D eigenvalue weighted by Crippen LogP contribution is 2.30. The van der Waals surface area contributed by atoms with Gasteiger partial charge in [0.25, 0.3) is 5.91 Å². The molecule has 3 N–H and O–H groups in total. The summed E-state index contributed by atoms with van der Waals surface area (Å²) < 4.78 is 20.2. The van der Waals surface area contributed by atoms with Gasteiger partial charge in [-0.15, -0.1) is 0 Å². The molecule has 3 aromatic carbocycles. The molecule has 0 fully saturated rings. The van der Waals surface area contributed by atoms with Gasteiger partial charge in [-0.25, -0.2) is 14.9 Å². The molecular formula is C20H13FN2O4. The van der Waals surface area contributed by atoms with E-state index in [2.05, 4.69) is 4.98 Å². The minimum Gasteiger partial charge on any atom is -0.508 e. The van der Waals surface area contributed by atoms with E-state index in [1.807, 2.05) is 0 Å². The van der Waals surface area contributed by atoms with Gasteiger partial charge in [-0.05, 0) is 48.0 Å². The van der Waals surface area contributed by atoms with Crippen LogP contribution in [0.5, 0.6) is 5.75 Å². The highest BCUT2D eigenvalue weighted by molar-refractivity contribution is 5.96. The monoisotopic (exact) mass is 364 g/mol. The Bertz CT molecular complexity index is 1150. The average Bonchev–Trinajstić information content (AvgIpc) is 3.11. The van der Waals surface area contributed by atoms with Crippen LogP contribution in [0.15, 0.2) is 65.1 Å². The van der Waals surface area contributed by atoms with Crippen molar-refractivity contribution in [2.75, 3.05) is 0 Å². The maximum Gasteiger partial charge on any atom is 0.274 e. The molecule has 0 bridgehead atoms. The van der Waals surface area contributed by atoms with E-state index in [0.29, 0.717) is 27.8 Å². The third-order valence-electron chi connectivity index (χ3n) is 4.15. The predicted octanol–water partition coefficient (Wildman–Crippen LogP) is 4.13. The third-order valence-corrected chi connectivity index (χ3v) is 4.15. The summed E-state index contributed by atoms with van der Waals surface area (Å²) in [6, 6.07) is 15.3. The van der Waals surface area contributed by atoms with Crippen molar-refractivity contribution < 1.29 is 23.9 Å². The molecule has 0 aliphatic heterocycles. The van der Waals surface area contributed by atoms with Crippen LogP contribution in [-0.4, -0.2) is 21.2 Å². The maximum atomic E-state index is 14.6. The van der Waals surface area contributed by atoms with Gasteiger partial charge in [0.1, 0.15) is 17.1 Å². The lowest BCUT2D eigenvalue weighted by molar-refractivity contribution is 0.0706. The molecule has 0 saturated carbocycles. The molecule has 0 aliphatic rings. The predicted molar refractivity (Wildman–Crippen MR) is 95.8 cm³/mol. The number of hydrogen-bond acceptors (Lipinski definition) is 5. The van der Waals surface area contributed by atoms with E-state index < -0.39 is 11.7 Å². The van der Waals surface area contributed by atoms with Crippen LogP contribution in [0.4, 0.5) is 4.39 Å². The number of hydroxylamine groups is 1. The van der Waals surface area contributed by atoms with Gasteiger partial charge in [-0.1, -0.05) is 18.2 Å². The fourth-order valence-corrected chi connectivity index (χ4v) is 2.78. The zero-order valence-corrected chi connectivity index (χ0v) is 13.8. The van der Waals surface area contributed by atoms with Gasteiger partial charge < -0.3 is 9.52 Å². The molecule has 0 radical (unpaired) electrons. The summed E-state index contributed by atoms with van der Waals surface area (Å²) in [6.45, 7) is 0. The second-order valence-corrected chi connectivity index (χ2v) is 5.88. The molecule has 0 aliphatic carbocycles. The van der Waals surface area contributed by atoms with Crippen LogP contribution in [0.1, 0.15) is 10.4 Å². The Morgan fingerprint density at radius 2 is 1.74 bits per heavy atom. The molecule has 6 nitrogen and oxygen atoms in total. The average molecular weight is 364 g/mol. The Hall–Kier alpha value is -3.71. The molecule has 0 saturated heterocycles. The summed E-state index contributed by atoms with van der Waals surface area (Å²) in [7, 11) is 0. The molecule has 0 spiro atoms. The summed E-state index contributed by atoms with van der Waals surface area (Å²) in [5.74, 6) is -0.800. The van der Waals surface area contributed by atoms with Crippen molar-refractivity contribution >= 4 is 17.0 Å². The summed E-state index contributed by atoms with van der Waals surface area (Å²) in [5, 5.41) is 18.1. The summed E-state index contributed by atoms with van der Waals surface area (Å²) >= 11 is 0. The first kappa shape index (κ1) is 16.7. The first-order valence-electron chi connectivity index (χ1n) is 7.99. The van der Waals surface area contributed by atoms with Crippen LogP contribution in [0, 0.1) is 5.82 Å². The number of aromatic nitrogens is 1. The number of amides is 1. The summed E-state index contributed by atoms with van der Waals surface area (Å²) in [6.07, 6.45) is 0. The normalized spacial score (nSPS) is 10.9. The summed E-state index contributed by atoms with van der Waals surface area (Å²) in [4.78, 5) is 15.8. The molecule has 0 unspecified atom stereocenters. The number of aromatic hydroxyl groups is 1.